The maximum atomic E-state index is 11.7. The minimum Gasteiger partial charge on any atom is -0.482 e. The summed E-state index contributed by atoms with van der Waals surface area (Å²) in [5.74, 6) is 0.203. The first-order chi connectivity index (χ1) is 10.2. The van der Waals surface area contributed by atoms with E-state index in [0.29, 0.717) is 24.3 Å². The van der Waals surface area contributed by atoms with Crippen LogP contribution in [0.5, 0.6) is 5.75 Å². The lowest BCUT2D eigenvalue weighted by atomic mass is 10.2. The van der Waals surface area contributed by atoms with Crippen LogP contribution >= 0.6 is 0 Å². The number of carbonyl (C=O) groups is 1. The number of aryl methyl sites for hydroxylation is 1. The molecule has 2 aromatic rings. The Morgan fingerprint density at radius 1 is 1.48 bits per heavy atom. The Morgan fingerprint density at radius 2 is 2.29 bits per heavy atom. The van der Waals surface area contributed by atoms with Crippen molar-refractivity contribution in [1.29, 1.82) is 5.26 Å². The highest BCUT2D eigenvalue weighted by atomic mass is 16.5. The maximum Gasteiger partial charge on any atom is 0.257 e. The van der Waals surface area contributed by atoms with E-state index in [1.54, 1.807) is 35.1 Å². The van der Waals surface area contributed by atoms with E-state index in [2.05, 4.69) is 10.4 Å². The quantitative estimate of drug-likeness (QED) is 0.859. The van der Waals surface area contributed by atoms with Crippen molar-refractivity contribution in [2.45, 2.75) is 6.42 Å². The van der Waals surface area contributed by atoms with Crippen molar-refractivity contribution in [3.05, 3.63) is 47.8 Å². The Hall–Kier alpha value is -2.81. The van der Waals surface area contributed by atoms with Crippen LogP contribution in [0.15, 0.2) is 36.7 Å². The van der Waals surface area contributed by atoms with Crippen LogP contribution in [0.1, 0.15) is 11.1 Å². The monoisotopic (exact) mass is 284 g/mol. The molecule has 0 saturated carbocycles. The molecule has 6 nitrogen and oxygen atoms in total. The molecular formula is C15H16N4O2. The molecule has 0 saturated heterocycles. The van der Waals surface area contributed by atoms with Crippen molar-refractivity contribution in [1.82, 2.24) is 15.1 Å². The van der Waals surface area contributed by atoms with E-state index < -0.39 is 0 Å². The van der Waals surface area contributed by atoms with Gasteiger partial charge in [0.05, 0.1) is 11.8 Å². The van der Waals surface area contributed by atoms with E-state index in [1.807, 2.05) is 19.3 Å². The van der Waals surface area contributed by atoms with Gasteiger partial charge < -0.3 is 10.1 Å². The molecule has 0 aliphatic heterocycles. The van der Waals surface area contributed by atoms with Gasteiger partial charge in [0.1, 0.15) is 11.8 Å². The van der Waals surface area contributed by atoms with Crippen molar-refractivity contribution >= 4 is 5.91 Å². The average Bonchev–Trinajstić information content (AvgIpc) is 2.91. The molecule has 0 bridgehead atoms. The topological polar surface area (TPSA) is 79.9 Å². The van der Waals surface area contributed by atoms with E-state index in [0.717, 1.165) is 5.56 Å². The normalized spacial score (nSPS) is 9.90. The molecule has 1 N–H and O–H groups in total. The fraction of sp³-hybridized carbons (Fsp3) is 0.267. The lowest BCUT2D eigenvalue weighted by Gasteiger charge is -2.08. The highest BCUT2D eigenvalue weighted by molar-refractivity contribution is 5.77. The Bertz CT molecular complexity index is 658. The number of benzene rings is 1. The number of carbonyl (C=O) groups excluding carboxylic acids is 1. The molecular weight excluding hydrogens is 268 g/mol. The molecule has 0 atom stereocenters. The molecule has 1 aromatic heterocycles. The lowest BCUT2D eigenvalue weighted by Crippen LogP contribution is -2.30. The van der Waals surface area contributed by atoms with Crippen LogP contribution in [0.4, 0.5) is 0 Å². The molecule has 6 heteroatoms. The van der Waals surface area contributed by atoms with Gasteiger partial charge in [0.25, 0.3) is 5.91 Å². The van der Waals surface area contributed by atoms with Gasteiger partial charge in [-0.3, -0.25) is 9.48 Å². The van der Waals surface area contributed by atoms with Gasteiger partial charge in [0, 0.05) is 19.8 Å². The Morgan fingerprint density at radius 3 is 3.00 bits per heavy atom. The highest BCUT2D eigenvalue weighted by Crippen LogP contribution is 2.16. The Balaban J connectivity index is 1.74. The summed E-state index contributed by atoms with van der Waals surface area (Å²) in [4.78, 5) is 11.7. The molecule has 1 amide bonds. The Kier molecular flexibility index (Phi) is 4.94. The van der Waals surface area contributed by atoms with Crippen LogP contribution in [0.25, 0.3) is 0 Å². The number of para-hydroxylation sites is 1. The van der Waals surface area contributed by atoms with Gasteiger partial charge in [-0.1, -0.05) is 12.1 Å². The van der Waals surface area contributed by atoms with Gasteiger partial charge in [-0.25, -0.2) is 0 Å². The zero-order valence-electron chi connectivity index (χ0n) is 11.7. The minimum absolute atomic E-state index is 0.105. The van der Waals surface area contributed by atoms with Gasteiger partial charge in [0.2, 0.25) is 0 Å². The lowest BCUT2D eigenvalue weighted by molar-refractivity contribution is -0.123. The Labute approximate surface area is 123 Å². The first-order valence-electron chi connectivity index (χ1n) is 6.55. The molecule has 0 radical (unpaired) electrons. The summed E-state index contributed by atoms with van der Waals surface area (Å²) >= 11 is 0. The van der Waals surface area contributed by atoms with Gasteiger partial charge in [-0.2, -0.15) is 10.4 Å². The van der Waals surface area contributed by atoms with Crippen LogP contribution in [0.3, 0.4) is 0 Å². The summed E-state index contributed by atoms with van der Waals surface area (Å²) < 4.78 is 7.07. The van der Waals surface area contributed by atoms with Crippen LogP contribution < -0.4 is 10.1 Å². The van der Waals surface area contributed by atoms with E-state index in [4.69, 9.17) is 10.00 Å². The second-order valence-corrected chi connectivity index (χ2v) is 4.52. The van der Waals surface area contributed by atoms with Gasteiger partial charge >= 0.3 is 0 Å². The zero-order valence-corrected chi connectivity index (χ0v) is 11.7. The third-order valence-corrected chi connectivity index (χ3v) is 2.86. The van der Waals surface area contributed by atoms with Crippen LogP contribution in [0, 0.1) is 11.3 Å². The third-order valence-electron chi connectivity index (χ3n) is 2.86. The van der Waals surface area contributed by atoms with Crippen LogP contribution in [-0.2, 0) is 18.3 Å². The SMILES string of the molecule is Cn1cc(CCNC(=O)COc2ccccc2C#N)cn1. The first kappa shape index (κ1) is 14.6. The molecule has 1 aromatic carbocycles. The largest absolute Gasteiger partial charge is 0.482 e. The second-order valence-electron chi connectivity index (χ2n) is 4.52. The van der Waals surface area contributed by atoms with Gasteiger partial charge in [0.15, 0.2) is 6.61 Å². The second kappa shape index (κ2) is 7.10. The number of hydrogen-bond acceptors (Lipinski definition) is 4. The highest BCUT2D eigenvalue weighted by Gasteiger charge is 2.06. The number of nitrogens with zero attached hydrogens (tertiary/aromatic N) is 3. The van der Waals surface area contributed by atoms with Crippen molar-refractivity contribution < 1.29 is 9.53 Å². The predicted molar refractivity (Wildman–Crippen MR) is 76.6 cm³/mol. The molecule has 0 spiro atoms. The summed E-state index contributed by atoms with van der Waals surface area (Å²) in [5, 5.41) is 15.7. The number of hydrogen-bond donors (Lipinski definition) is 1. The summed E-state index contributed by atoms with van der Waals surface area (Å²) in [6.45, 7) is 0.416. The van der Waals surface area contributed by atoms with Crippen molar-refractivity contribution in [2.75, 3.05) is 13.2 Å². The molecule has 2 rings (SSSR count). The van der Waals surface area contributed by atoms with Crippen molar-refractivity contribution in [3.8, 4) is 11.8 Å². The molecule has 0 aliphatic rings. The van der Waals surface area contributed by atoms with E-state index >= 15 is 0 Å². The molecule has 108 valence electrons. The summed E-state index contributed by atoms with van der Waals surface area (Å²) in [5.41, 5.74) is 1.48. The van der Waals surface area contributed by atoms with Gasteiger partial charge in [-0.15, -0.1) is 0 Å². The van der Waals surface area contributed by atoms with Crippen LogP contribution in [0.2, 0.25) is 0 Å². The first-order valence-corrected chi connectivity index (χ1v) is 6.55. The fourth-order valence-corrected chi connectivity index (χ4v) is 1.83. The number of nitriles is 1. The maximum absolute atomic E-state index is 11.7. The molecule has 0 unspecified atom stereocenters. The molecule has 21 heavy (non-hydrogen) atoms. The summed E-state index contributed by atoms with van der Waals surface area (Å²) in [7, 11) is 1.85. The predicted octanol–water partition coefficient (Wildman–Crippen LogP) is 1.03. The van der Waals surface area contributed by atoms with Gasteiger partial charge in [-0.05, 0) is 24.1 Å². The van der Waals surface area contributed by atoms with E-state index in [9.17, 15) is 4.79 Å². The average molecular weight is 284 g/mol. The number of nitrogens with one attached hydrogen (secondary N) is 1. The van der Waals surface area contributed by atoms with Crippen molar-refractivity contribution in [2.24, 2.45) is 7.05 Å². The van der Waals surface area contributed by atoms with Crippen LogP contribution in [-0.4, -0.2) is 28.8 Å². The van der Waals surface area contributed by atoms with E-state index in [-0.39, 0.29) is 12.5 Å². The minimum atomic E-state index is -0.216. The summed E-state index contributed by atoms with van der Waals surface area (Å²) in [6.07, 6.45) is 4.39. The number of amides is 1. The molecule has 1 heterocycles. The fourth-order valence-electron chi connectivity index (χ4n) is 1.83. The van der Waals surface area contributed by atoms with E-state index in [1.165, 1.54) is 0 Å². The number of aromatic nitrogens is 2. The summed E-state index contributed by atoms with van der Waals surface area (Å²) in [6, 6.07) is 8.85. The number of ether oxygens (including phenoxy) is 1. The third kappa shape index (κ3) is 4.35. The standard InChI is InChI=1S/C15H16N4O2/c1-19-10-12(9-18-19)6-7-17-15(20)11-21-14-5-3-2-4-13(14)8-16/h2-5,9-10H,6-7,11H2,1H3,(H,17,20). The van der Waals surface area contributed by atoms with Crippen molar-refractivity contribution in [3.63, 3.8) is 0 Å². The smallest absolute Gasteiger partial charge is 0.257 e. The number of rotatable bonds is 6. The zero-order chi connectivity index (χ0) is 15.1. The molecule has 0 fully saturated rings. The molecule has 0 aliphatic carbocycles.